The molecule has 0 spiro atoms. The zero-order valence-electron chi connectivity index (χ0n) is 16.0. The predicted molar refractivity (Wildman–Crippen MR) is 104 cm³/mol. The van der Waals surface area contributed by atoms with Crippen molar-refractivity contribution in [2.45, 2.75) is 18.9 Å². The zero-order valence-corrected chi connectivity index (χ0v) is 16.0. The third-order valence-electron chi connectivity index (χ3n) is 4.92. The first-order valence-electron chi connectivity index (χ1n) is 9.45. The molecular formula is C20H22FN5O3. The molecule has 3 aromatic rings. The van der Waals surface area contributed by atoms with E-state index in [1.54, 1.807) is 19.2 Å². The number of rotatable bonds is 7. The summed E-state index contributed by atoms with van der Waals surface area (Å²) in [5.74, 6) is 0.0118. The summed E-state index contributed by atoms with van der Waals surface area (Å²) in [5, 5.41) is 4.63. The quantitative estimate of drug-likeness (QED) is 0.486. The van der Waals surface area contributed by atoms with E-state index in [-0.39, 0.29) is 24.2 Å². The van der Waals surface area contributed by atoms with Gasteiger partial charge in [0, 0.05) is 13.7 Å². The Hall–Kier alpha value is -3.04. The monoisotopic (exact) mass is 399 g/mol. The fraction of sp³-hybridized carbons (Fsp3) is 0.350. The number of anilines is 1. The number of aromatic nitrogens is 3. The average molecular weight is 399 g/mol. The van der Waals surface area contributed by atoms with E-state index in [1.807, 2.05) is 18.2 Å². The molecule has 0 aliphatic carbocycles. The molecule has 1 saturated heterocycles. The van der Waals surface area contributed by atoms with Gasteiger partial charge in [0.15, 0.2) is 11.3 Å². The summed E-state index contributed by atoms with van der Waals surface area (Å²) in [5.41, 5.74) is 4.10. The third kappa shape index (κ3) is 4.06. The molecule has 4 rings (SSSR count). The molecule has 1 atom stereocenters. The van der Waals surface area contributed by atoms with Gasteiger partial charge in [0.25, 0.3) is 5.91 Å². The summed E-state index contributed by atoms with van der Waals surface area (Å²) in [7, 11) is 1.55. The Bertz CT molecular complexity index is 1010. The van der Waals surface area contributed by atoms with Gasteiger partial charge in [-0.2, -0.15) is 0 Å². The van der Waals surface area contributed by atoms with Crippen molar-refractivity contribution in [1.29, 1.82) is 0 Å². The molecule has 0 radical (unpaired) electrons. The van der Waals surface area contributed by atoms with Crippen LogP contribution in [0.2, 0.25) is 0 Å². The lowest BCUT2D eigenvalue weighted by atomic mass is 10.0. The molecule has 8 nitrogen and oxygen atoms in total. The van der Waals surface area contributed by atoms with Crippen molar-refractivity contribution in [2.24, 2.45) is 0 Å². The van der Waals surface area contributed by atoms with Gasteiger partial charge in [0.2, 0.25) is 0 Å². The third-order valence-corrected chi connectivity index (χ3v) is 4.92. The number of carbonyl (C=O) groups is 1. The van der Waals surface area contributed by atoms with Crippen LogP contribution in [0.1, 0.15) is 34.9 Å². The van der Waals surface area contributed by atoms with Crippen molar-refractivity contribution in [2.75, 3.05) is 31.8 Å². The average Bonchev–Trinajstić information content (AvgIpc) is 3.37. The number of nitrogens with zero attached hydrogens (tertiary/aromatic N) is 4. The lowest BCUT2D eigenvalue weighted by Crippen LogP contribution is -2.28. The minimum atomic E-state index is -0.443. The van der Waals surface area contributed by atoms with Crippen molar-refractivity contribution in [3.63, 3.8) is 0 Å². The molecule has 9 heteroatoms. The minimum Gasteiger partial charge on any atom is -0.382 e. The van der Waals surface area contributed by atoms with Gasteiger partial charge in [-0.3, -0.25) is 9.63 Å². The van der Waals surface area contributed by atoms with Crippen molar-refractivity contribution in [3.8, 4) is 0 Å². The van der Waals surface area contributed by atoms with E-state index in [0.717, 1.165) is 24.9 Å². The Morgan fingerprint density at radius 2 is 2.21 bits per heavy atom. The molecule has 1 aliphatic heterocycles. The van der Waals surface area contributed by atoms with Crippen molar-refractivity contribution in [1.82, 2.24) is 20.1 Å². The number of amides is 1. The van der Waals surface area contributed by atoms with E-state index in [1.165, 1.54) is 16.8 Å². The Morgan fingerprint density at radius 1 is 1.31 bits per heavy atom. The van der Waals surface area contributed by atoms with Gasteiger partial charge in [0.1, 0.15) is 11.6 Å². The SMILES string of the molecule is COCCONC(=O)c1cnc2ccc(N3CCCC3c3cccc(F)c3)nn12. The number of hydrogen-bond donors (Lipinski definition) is 1. The fourth-order valence-electron chi connectivity index (χ4n) is 3.57. The summed E-state index contributed by atoms with van der Waals surface area (Å²) in [4.78, 5) is 23.9. The van der Waals surface area contributed by atoms with Crippen LogP contribution in [0, 0.1) is 5.82 Å². The van der Waals surface area contributed by atoms with Gasteiger partial charge in [-0.1, -0.05) is 12.1 Å². The highest BCUT2D eigenvalue weighted by molar-refractivity contribution is 5.92. The topological polar surface area (TPSA) is 81.0 Å². The minimum absolute atomic E-state index is 0.0359. The largest absolute Gasteiger partial charge is 0.382 e. The molecule has 1 fully saturated rings. The Balaban J connectivity index is 1.59. The van der Waals surface area contributed by atoms with E-state index in [0.29, 0.717) is 18.1 Å². The molecule has 2 aromatic heterocycles. The first kappa shape index (κ1) is 19.3. The van der Waals surface area contributed by atoms with Crippen LogP contribution in [0.15, 0.2) is 42.6 Å². The molecule has 0 bridgehead atoms. The summed E-state index contributed by atoms with van der Waals surface area (Å²) in [6, 6.07) is 10.4. The van der Waals surface area contributed by atoms with Gasteiger partial charge in [0.05, 0.1) is 25.5 Å². The Labute approximate surface area is 167 Å². The maximum absolute atomic E-state index is 13.7. The summed E-state index contributed by atoms with van der Waals surface area (Å²) in [6.45, 7) is 1.41. The second-order valence-electron chi connectivity index (χ2n) is 6.78. The molecule has 1 unspecified atom stereocenters. The number of carbonyl (C=O) groups excluding carboxylic acids is 1. The Morgan fingerprint density at radius 3 is 3.03 bits per heavy atom. The van der Waals surface area contributed by atoms with Gasteiger partial charge >= 0.3 is 0 Å². The number of ether oxygens (including phenoxy) is 1. The van der Waals surface area contributed by atoms with Crippen LogP contribution >= 0.6 is 0 Å². The van der Waals surface area contributed by atoms with Crippen molar-refractivity contribution < 1.29 is 18.8 Å². The number of hydrogen-bond acceptors (Lipinski definition) is 6. The predicted octanol–water partition coefficient (Wildman–Crippen LogP) is 2.52. The van der Waals surface area contributed by atoms with Crippen LogP contribution in [0.3, 0.4) is 0 Å². The second kappa shape index (κ2) is 8.54. The first-order chi connectivity index (χ1) is 14.2. The van der Waals surface area contributed by atoms with E-state index in [9.17, 15) is 9.18 Å². The molecule has 1 N–H and O–H groups in total. The standard InChI is InChI=1S/C20H22FN5O3/c1-28-10-11-29-24-20(27)17-13-22-18-7-8-19(23-26(17)18)25-9-3-6-16(25)14-4-2-5-15(21)12-14/h2,4-5,7-8,12-13,16H,3,6,9-11H2,1H3,(H,24,27). The molecule has 1 aliphatic rings. The molecule has 3 heterocycles. The molecule has 0 saturated carbocycles. The van der Waals surface area contributed by atoms with Crippen LogP contribution in [0.5, 0.6) is 0 Å². The first-order valence-corrected chi connectivity index (χ1v) is 9.45. The highest BCUT2D eigenvalue weighted by atomic mass is 19.1. The van der Waals surface area contributed by atoms with Gasteiger partial charge in [-0.15, -0.1) is 5.10 Å². The number of fused-ring (bicyclic) bond motifs is 1. The van der Waals surface area contributed by atoms with E-state index >= 15 is 0 Å². The zero-order chi connectivity index (χ0) is 20.2. The van der Waals surface area contributed by atoms with Gasteiger partial charge in [-0.25, -0.2) is 19.4 Å². The van der Waals surface area contributed by atoms with E-state index in [2.05, 4.69) is 20.5 Å². The highest BCUT2D eigenvalue weighted by Crippen LogP contribution is 2.35. The summed E-state index contributed by atoms with van der Waals surface area (Å²) in [6.07, 6.45) is 3.34. The van der Waals surface area contributed by atoms with Crippen molar-refractivity contribution >= 4 is 17.4 Å². The van der Waals surface area contributed by atoms with E-state index < -0.39 is 5.91 Å². The van der Waals surface area contributed by atoms with E-state index in [4.69, 9.17) is 9.57 Å². The van der Waals surface area contributed by atoms with Crippen LogP contribution < -0.4 is 10.4 Å². The number of imidazole rings is 1. The molecule has 1 amide bonds. The summed E-state index contributed by atoms with van der Waals surface area (Å²) >= 11 is 0. The number of methoxy groups -OCH3 is 1. The maximum Gasteiger partial charge on any atom is 0.295 e. The summed E-state index contributed by atoms with van der Waals surface area (Å²) < 4.78 is 20.1. The Kier molecular flexibility index (Phi) is 5.68. The van der Waals surface area contributed by atoms with Gasteiger partial charge < -0.3 is 9.64 Å². The normalized spacial score (nSPS) is 16.5. The number of benzene rings is 1. The second-order valence-corrected chi connectivity index (χ2v) is 6.78. The van der Waals surface area contributed by atoms with Crippen LogP contribution in [-0.2, 0) is 9.57 Å². The van der Waals surface area contributed by atoms with Crippen LogP contribution in [0.25, 0.3) is 5.65 Å². The highest BCUT2D eigenvalue weighted by Gasteiger charge is 2.28. The number of nitrogens with one attached hydrogen (secondary N) is 1. The number of halogens is 1. The fourth-order valence-corrected chi connectivity index (χ4v) is 3.57. The van der Waals surface area contributed by atoms with Crippen LogP contribution in [-0.4, -0.2) is 47.4 Å². The smallest absolute Gasteiger partial charge is 0.295 e. The maximum atomic E-state index is 13.7. The lowest BCUT2D eigenvalue weighted by Gasteiger charge is -2.26. The van der Waals surface area contributed by atoms with Crippen LogP contribution in [0.4, 0.5) is 10.2 Å². The molecular weight excluding hydrogens is 377 g/mol. The molecule has 29 heavy (non-hydrogen) atoms. The van der Waals surface area contributed by atoms with Crippen molar-refractivity contribution in [3.05, 3.63) is 59.7 Å². The molecule has 152 valence electrons. The van der Waals surface area contributed by atoms with Gasteiger partial charge in [-0.05, 0) is 42.7 Å². The number of hydroxylamine groups is 1. The molecule has 1 aromatic carbocycles. The lowest BCUT2D eigenvalue weighted by molar-refractivity contribution is 0.00846.